The van der Waals surface area contributed by atoms with Gasteiger partial charge in [-0.15, -0.1) is 0 Å². The summed E-state index contributed by atoms with van der Waals surface area (Å²) in [6, 6.07) is -0.149. The molecule has 1 aliphatic rings. The predicted molar refractivity (Wildman–Crippen MR) is 72.2 cm³/mol. The van der Waals surface area contributed by atoms with Gasteiger partial charge in [0.25, 0.3) is 5.91 Å². The Balaban J connectivity index is 2.20. The molecule has 0 aliphatic carbocycles. The first-order chi connectivity index (χ1) is 8.59. The van der Waals surface area contributed by atoms with Gasteiger partial charge in [0, 0.05) is 12.7 Å². The average molecular weight is 264 g/mol. The third-order valence-corrected chi connectivity index (χ3v) is 3.36. The highest BCUT2D eigenvalue weighted by molar-refractivity contribution is 7.80. The number of nitrogens with two attached hydrogens (primary N) is 1. The summed E-state index contributed by atoms with van der Waals surface area (Å²) in [5, 5.41) is 0. The molecule has 1 fully saturated rings. The molecule has 2 heterocycles. The molecule has 0 bridgehead atoms. The second-order valence-corrected chi connectivity index (χ2v) is 4.93. The van der Waals surface area contributed by atoms with E-state index in [0.29, 0.717) is 17.2 Å². The van der Waals surface area contributed by atoms with Crippen LogP contribution in [0.1, 0.15) is 35.4 Å². The molecule has 1 saturated heterocycles. The van der Waals surface area contributed by atoms with Crippen molar-refractivity contribution in [2.45, 2.75) is 32.2 Å². The second kappa shape index (κ2) is 5.39. The topological polar surface area (TPSA) is 72.1 Å². The number of rotatable bonds is 2. The number of carbonyl (C=O) groups excluding carboxylic acids is 1. The Labute approximate surface area is 111 Å². The van der Waals surface area contributed by atoms with E-state index in [1.807, 2.05) is 6.92 Å². The summed E-state index contributed by atoms with van der Waals surface area (Å²) in [6.07, 6.45) is 5.95. The van der Waals surface area contributed by atoms with Crippen LogP contribution in [0.15, 0.2) is 12.4 Å². The molecule has 5 nitrogen and oxygen atoms in total. The van der Waals surface area contributed by atoms with Gasteiger partial charge in [-0.3, -0.25) is 9.78 Å². The van der Waals surface area contributed by atoms with Crippen molar-refractivity contribution in [1.29, 1.82) is 0 Å². The average Bonchev–Trinajstić information content (AvgIpc) is 2.39. The zero-order valence-electron chi connectivity index (χ0n) is 10.3. The minimum absolute atomic E-state index is 0.139. The van der Waals surface area contributed by atoms with Gasteiger partial charge in [0.05, 0.1) is 22.9 Å². The summed E-state index contributed by atoms with van der Waals surface area (Å²) >= 11 is 5.03. The summed E-state index contributed by atoms with van der Waals surface area (Å²) in [5.41, 5.74) is 6.84. The molecule has 2 N–H and O–H groups in total. The Kier molecular flexibility index (Phi) is 3.86. The molecule has 1 aromatic heterocycles. The Bertz CT molecular complexity index is 460. The van der Waals surface area contributed by atoms with Crippen molar-refractivity contribution < 1.29 is 4.79 Å². The lowest BCUT2D eigenvalue weighted by Gasteiger charge is -2.34. The molecule has 0 saturated carbocycles. The van der Waals surface area contributed by atoms with Crippen LogP contribution in [0.2, 0.25) is 0 Å². The van der Waals surface area contributed by atoms with Gasteiger partial charge in [0.2, 0.25) is 0 Å². The fraction of sp³-hybridized carbons (Fsp3) is 0.500. The van der Waals surface area contributed by atoms with E-state index >= 15 is 0 Å². The van der Waals surface area contributed by atoms with Crippen LogP contribution in [0.4, 0.5) is 0 Å². The van der Waals surface area contributed by atoms with Crippen molar-refractivity contribution in [2.24, 2.45) is 5.73 Å². The van der Waals surface area contributed by atoms with Crippen LogP contribution in [0.3, 0.4) is 0 Å². The maximum atomic E-state index is 12.3. The molecule has 2 rings (SSSR count). The normalized spacial score (nSPS) is 19.6. The minimum Gasteiger partial charge on any atom is -0.392 e. The molecular formula is C12H16N4OS. The standard InChI is InChI=1S/C12H16N4OS/c1-8-6-15-9(7-14-8)12(17)16-5-3-2-4-10(16)11(13)18/h6-7,10H,2-5H2,1H3,(H2,13,18). The van der Waals surface area contributed by atoms with Gasteiger partial charge in [0.15, 0.2) is 0 Å². The van der Waals surface area contributed by atoms with Crippen LogP contribution < -0.4 is 5.73 Å². The zero-order valence-corrected chi connectivity index (χ0v) is 11.1. The van der Waals surface area contributed by atoms with Gasteiger partial charge in [-0.05, 0) is 26.2 Å². The zero-order chi connectivity index (χ0) is 13.1. The van der Waals surface area contributed by atoms with Crippen molar-refractivity contribution >= 4 is 23.1 Å². The first kappa shape index (κ1) is 12.9. The second-order valence-electron chi connectivity index (χ2n) is 4.46. The van der Waals surface area contributed by atoms with Gasteiger partial charge in [-0.2, -0.15) is 0 Å². The van der Waals surface area contributed by atoms with Gasteiger partial charge in [-0.1, -0.05) is 12.2 Å². The number of aryl methyl sites for hydroxylation is 1. The third-order valence-electron chi connectivity index (χ3n) is 3.09. The first-order valence-corrected chi connectivity index (χ1v) is 6.39. The van der Waals surface area contributed by atoms with Crippen LogP contribution in [0.5, 0.6) is 0 Å². The number of amides is 1. The summed E-state index contributed by atoms with van der Waals surface area (Å²) in [5.74, 6) is -0.139. The quantitative estimate of drug-likeness (QED) is 0.809. The number of carbonyl (C=O) groups is 1. The summed E-state index contributed by atoms with van der Waals surface area (Å²) in [7, 11) is 0. The minimum atomic E-state index is -0.149. The molecule has 6 heteroatoms. The van der Waals surface area contributed by atoms with Gasteiger partial charge >= 0.3 is 0 Å². The van der Waals surface area contributed by atoms with Gasteiger partial charge < -0.3 is 10.6 Å². The molecule has 0 spiro atoms. The van der Waals surface area contributed by atoms with Crippen LogP contribution in [0, 0.1) is 6.92 Å². The number of piperidine rings is 1. The van der Waals surface area contributed by atoms with E-state index in [2.05, 4.69) is 9.97 Å². The molecule has 0 radical (unpaired) electrons. The van der Waals surface area contributed by atoms with Crippen LogP contribution in [0.25, 0.3) is 0 Å². The predicted octanol–water partition coefficient (Wildman–Crippen LogP) is 1.07. The van der Waals surface area contributed by atoms with E-state index < -0.39 is 0 Å². The van der Waals surface area contributed by atoms with E-state index in [9.17, 15) is 4.79 Å². The lowest BCUT2D eigenvalue weighted by molar-refractivity contribution is 0.0675. The van der Waals surface area contributed by atoms with E-state index in [1.165, 1.54) is 6.20 Å². The number of thiocarbonyl (C=S) groups is 1. The maximum absolute atomic E-state index is 12.3. The van der Waals surface area contributed by atoms with Crippen molar-refractivity contribution in [3.05, 3.63) is 23.8 Å². The first-order valence-electron chi connectivity index (χ1n) is 5.98. The fourth-order valence-corrected chi connectivity index (χ4v) is 2.37. The van der Waals surface area contributed by atoms with E-state index in [-0.39, 0.29) is 11.9 Å². The number of hydrogen-bond donors (Lipinski definition) is 1. The molecule has 1 aliphatic heterocycles. The summed E-state index contributed by atoms with van der Waals surface area (Å²) in [6.45, 7) is 2.51. The third kappa shape index (κ3) is 2.64. The van der Waals surface area contributed by atoms with Crippen molar-refractivity contribution in [3.8, 4) is 0 Å². The molecular weight excluding hydrogens is 248 g/mol. The number of hydrogen-bond acceptors (Lipinski definition) is 4. The lowest BCUT2D eigenvalue weighted by Crippen LogP contribution is -2.50. The van der Waals surface area contributed by atoms with Gasteiger partial charge in [0.1, 0.15) is 5.69 Å². The Hall–Kier alpha value is -1.56. The van der Waals surface area contributed by atoms with Gasteiger partial charge in [-0.25, -0.2) is 4.98 Å². The van der Waals surface area contributed by atoms with E-state index in [1.54, 1.807) is 11.1 Å². The highest BCUT2D eigenvalue weighted by Crippen LogP contribution is 2.19. The molecule has 1 aromatic rings. The number of nitrogens with zero attached hydrogens (tertiary/aromatic N) is 3. The molecule has 0 aromatic carbocycles. The molecule has 96 valence electrons. The number of likely N-dealkylation sites (tertiary alicyclic amines) is 1. The Morgan fingerprint density at radius 1 is 1.44 bits per heavy atom. The highest BCUT2D eigenvalue weighted by Gasteiger charge is 2.29. The Morgan fingerprint density at radius 2 is 2.22 bits per heavy atom. The number of aromatic nitrogens is 2. The van der Waals surface area contributed by atoms with Crippen LogP contribution in [-0.4, -0.2) is 38.4 Å². The van der Waals surface area contributed by atoms with Crippen molar-refractivity contribution in [3.63, 3.8) is 0 Å². The van der Waals surface area contributed by atoms with Crippen LogP contribution >= 0.6 is 12.2 Å². The molecule has 1 amide bonds. The maximum Gasteiger partial charge on any atom is 0.274 e. The van der Waals surface area contributed by atoms with E-state index in [4.69, 9.17) is 18.0 Å². The molecule has 1 unspecified atom stereocenters. The Morgan fingerprint density at radius 3 is 2.83 bits per heavy atom. The SMILES string of the molecule is Cc1cnc(C(=O)N2CCCCC2C(N)=S)cn1. The van der Waals surface area contributed by atoms with Crippen molar-refractivity contribution in [1.82, 2.24) is 14.9 Å². The molecule has 18 heavy (non-hydrogen) atoms. The van der Waals surface area contributed by atoms with Crippen LogP contribution in [-0.2, 0) is 0 Å². The largest absolute Gasteiger partial charge is 0.392 e. The van der Waals surface area contributed by atoms with Crippen molar-refractivity contribution in [2.75, 3.05) is 6.54 Å². The summed E-state index contributed by atoms with van der Waals surface area (Å²) in [4.78, 5) is 22.6. The molecule has 1 atom stereocenters. The van der Waals surface area contributed by atoms with E-state index in [0.717, 1.165) is 25.0 Å². The fourth-order valence-electron chi connectivity index (χ4n) is 2.12. The summed E-state index contributed by atoms with van der Waals surface area (Å²) < 4.78 is 0. The lowest BCUT2D eigenvalue weighted by atomic mass is 10.0. The smallest absolute Gasteiger partial charge is 0.274 e. The highest BCUT2D eigenvalue weighted by atomic mass is 32.1. The monoisotopic (exact) mass is 264 g/mol.